The van der Waals surface area contributed by atoms with Crippen molar-refractivity contribution in [2.24, 2.45) is 0 Å². The second-order valence-electron chi connectivity index (χ2n) is 5.58. The highest BCUT2D eigenvalue weighted by Gasteiger charge is 2.32. The van der Waals surface area contributed by atoms with Gasteiger partial charge in [0.05, 0.1) is 18.8 Å². The van der Waals surface area contributed by atoms with Crippen LogP contribution in [0.25, 0.3) is 0 Å². The Balaban J connectivity index is 1.43. The van der Waals surface area contributed by atoms with E-state index in [9.17, 15) is 4.79 Å². The highest BCUT2D eigenvalue weighted by molar-refractivity contribution is 5.75. The van der Waals surface area contributed by atoms with Crippen molar-refractivity contribution in [2.45, 2.75) is 12.6 Å². The van der Waals surface area contributed by atoms with E-state index in [1.165, 1.54) is 0 Å². The second-order valence-corrected chi connectivity index (χ2v) is 5.58. The van der Waals surface area contributed by atoms with Gasteiger partial charge in [-0.25, -0.2) is 9.48 Å². The van der Waals surface area contributed by atoms with Gasteiger partial charge in [0.25, 0.3) is 0 Å². The van der Waals surface area contributed by atoms with Crippen LogP contribution in [0.15, 0.2) is 36.5 Å². The van der Waals surface area contributed by atoms with E-state index < -0.39 is 0 Å². The maximum absolute atomic E-state index is 11.8. The molecule has 0 spiro atoms. The summed E-state index contributed by atoms with van der Waals surface area (Å²) in [5.74, 6) is 0.801. The average molecular weight is 331 g/mol. The van der Waals surface area contributed by atoms with Crippen molar-refractivity contribution in [1.29, 1.82) is 0 Å². The molecule has 1 aliphatic rings. The van der Waals surface area contributed by atoms with Crippen LogP contribution in [-0.4, -0.2) is 59.3 Å². The Labute approximate surface area is 140 Å². The standard InChI is InChI=1S/C16H21N5O3/c1-23-8-7-17-16(22)20-10-14(11-20)21-9-13(18-19-21)12-24-15-5-3-2-4-6-15/h2-6,9,14H,7-8,10-12H2,1H3,(H,17,22). The fourth-order valence-corrected chi connectivity index (χ4v) is 2.39. The summed E-state index contributed by atoms with van der Waals surface area (Å²) >= 11 is 0. The van der Waals surface area contributed by atoms with Gasteiger partial charge in [-0.2, -0.15) is 0 Å². The van der Waals surface area contributed by atoms with Gasteiger partial charge in [0.1, 0.15) is 18.1 Å². The maximum Gasteiger partial charge on any atom is 0.317 e. The van der Waals surface area contributed by atoms with Crippen LogP contribution in [0.4, 0.5) is 4.79 Å². The predicted molar refractivity (Wildman–Crippen MR) is 86.7 cm³/mol. The van der Waals surface area contributed by atoms with Crippen molar-refractivity contribution < 1.29 is 14.3 Å². The van der Waals surface area contributed by atoms with Crippen LogP contribution >= 0.6 is 0 Å². The van der Waals surface area contributed by atoms with Gasteiger partial charge in [0.2, 0.25) is 0 Å². The highest BCUT2D eigenvalue weighted by Crippen LogP contribution is 2.20. The lowest BCUT2D eigenvalue weighted by atomic mass is 10.1. The Morgan fingerprint density at radius 3 is 2.88 bits per heavy atom. The van der Waals surface area contributed by atoms with Gasteiger partial charge in [0, 0.05) is 26.7 Å². The lowest BCUT2D eigenvalue weighted by molar-refractivity contribution is 0.114. The molecule has 1 aromatic carbocycles. The van der Waals surface area contributed by atoms with Crippen LogP contribution < -0.4 is 10.1 Å². The van der Waals surface area contributed by atoms with Crippen LogP contribution in [0.1, 0.15) is 11.7 Å². The Kier molecular flexibility index (Phi) is 5.27. The molecule has 1 saturated heterocycles. The molecule has 2 aromatic rings. The SMILES string of the molecule is COCCNC(=O)N1CC(n2cc(COc3ccccc3)nn2)C1. The van der Waals surface area contributed by atoms with E-state index >= 15 is 0 Å². The number of nitrogens with one attached hydrogen (secondary N) is 1. The lowest BCUT2D eigenvalue weighted by Crippen LogP contribution is -2.54. The molecule has 1 fully saturated rings. The molecule has 8 heteroatoms. The van der Waals surface area contributed by atoms with E-state index in [-0.39, 0.29) is 12.1 Å². The molecule has 1 aromatic heterocycles. The van der Waals surface area contributed by atoms with E-state index in [1.807, 2.05) is 36.5 Å². The molecule has 128 valence electrons. The molecule has 1 aliphatic heterocycles. The number of carbonyl (C=O) groups is 1. The molecule has 0 unspecified atom stereocenters. The number of aromatic nitrogens is 3. The predicted octanol–water partition coefficient (Wildman–Crippen LogP) is 1.07. The molecule has 0 bridgehead atoms. The number of benzene rings is 1. The number of carbonyl (C=O) groups excluding carboxylic acids is 1. The number of likely N-dealkylation sites (tertiary alicyclic amines) is 1. The maximum atomic E-state index is 11.8. The van der Waals surface area contributed by atoms with Crippen molar-refractivity contribution in [2.75, 3.05) is 33.4 Å². The van der Waals surface area contributed by atoms with E-state index in [4.69, 9.17) is 9.47 Å². The zero-order chi connectivity index (χ0) is 16.8. The smallest absolute Gasteiger partial charge is 0.317 e. The van der Waals surface area contributed by atoms with Gasteiger partial charge in [-0.3, -0.25) is 0 Å². The minimum Gasteiger partial charge on any atom is -0.487 e. The number of hydrogen-bond acceptors (Lipinski definition) is 5. The molecule has 24 heavy (non-hydrogen) atoms. The van der Waals surface area contributed by atoms with Crippen molar-refractivity contribution in [3.8, 4) is 5.75 Å². The molecule has 2 amide bonds. The summed E-state index contributed by atoms with van der Waals surface area (Å²) in [5, 5.41) is 11.0. The molecular formula is C16H21N5O3. The largest absolute Gasteiger partial charge is 0.487 e. The van der Waals surface area contributed by atoms with Gasteiger partial charge in [0.15, 0.2) is 0 Å². The van der Waals surface area contributed by atoms with Crippen LogP contribution in [0, 0.1) is 0 Å². The topological polar surface area (TPSA) is 81.5 Å². The first-order valence-electron chi connectivity index (χ1n) is 7.86. The number of para-hydroxylation sites is 1. The molecule has 3 rings (SSSR count). The molecule has 0 radical (unpaired) electrons. The molecule has 0 aliphatic carbocycles. The number of urea groups is 1. The summed E-state index contributed by atoms with van der Waals surface area (Å²) in [7, 11) is 1.61. The summed E-state index contributed by atoms with van der Waals surface area (Å²) in [6, 6.07) is 9.68. The molecule has 0 saturated carbocycles. The van der Waals surface area contributed by atoms with Gasteiger partial charge >= 0.3 is 6.03 Å². The number of ether oxygens (including phenoxy) is 2. The number of hydrogen-bond donors (Lipinski definition) is 1. The Hall–Kier alpha value is -2.61. The Bertz CT molecular complexity index is 655. The van der Waals surface area contributed by atoms with E-state index in [0.29, 0.717) is 32.8 Å². The second kappa shape index (κ2) is 7.78. The third-order valence-corrected chi connectivity index (χ3v) is 3.79. The monoisotopic (exact) mass is 331 g/mol. The summed E-state index contributed by atoms with van der Waals surface area (Å²) in [6.45, 7) is 2.65. The van der Waals surface area contributed by atoms with Gasteiger partial charge < -0.3 is 19.7 Å². The number of amides is 2. The van der Waals surface area contributed by atoms with E-state index in [1.54, 1.807) is 16.7 Å². The summed E-state index contributed by atoms with van der Waals surface area (Å²) < 4.78 is 12.3. The molecular weight excluding hydrogens is 310 g/mol. The fourth-order valence-electron chi connectivity index (χ4n) is 2.39. The van der Waals surface area contributed by atoms with Crippen LogP contribution in [0.3, 0.4) is 0 Å². The molecule has 8 nitrogen and oxygen atoms in total. The zero-order valence-corrected chi connectivity index (χ0v) is 13.6. The first-order chi connectivity index (χ1) is 11.8. The number of nitrogens with zero attached hydrogens (tertiary/aromatic N) is 4. The lowest BCUT2D eigenvalue weighted by Gasteiger charge is -2.38. The Morgan fingerprint density at radius 2 is 2.12 bits per heavy atom. The minimum absolute atomic E-state index is 0.0731. The van der Waals surface area contributed by atoms with E-state index in [0.717, 1.165) is 11.4 Å². The van der Waals surface area contributed by atoms with Crippen LogP contribution in [0.2, 0.25) is 0 Å². The normalized spacial score (nSPS) is 14.3. The molecule has 2 heterocycles. The summed E-state index contributed by atoms with van der Waals surface area (Å²) in [5.41, 5.74) is 0.766. The summed E-state index contributed by atoms with van der Waals surface area (Å²) in [4.78, 5) is 13.6. The molecule has 1 N–H and O–H groups in total. The zero-order valence-electron chi connectivity index (χ0n) is 13.6. The quantitative estimate of drug-likeness (QED) is 0.768. The molecule has 0 atom stereocenters. The van der Waals surface area contributed by atoms with Gasteiger partial charge in [-0.15, -0.1) is 5.10 Å². The average Bonchev–Trinajstić information content (AvgIpc) is 3.01. The number of methoxy groups -OCH3 is 1. The van der Waals surface area contributed by atoms with Gasteiger partial charge in [-0.1, -0.05) is 23.4 Å². The van der Waals surface area contributed by atoms with Gasteiger partial charge in [-0.05, 0) is 12.1 Å². The van der Waals surface area contributed by atoms with Crippen molar-refractivity contribution in [1.82, 2.24) is 25.2 Å². The third-order valence-electron chi connectivity index (χ3n) is 3.79. The van der Waals surface area contributed by atoms with Crippen LogP contribution in [0.5, 0.6) is 5.75 Å². The highest BCUT2D eigenvalue weighted by atomic mass is 16.5. The van der Waals surface area contributed by atoms with Crippen LogP contribution in [-0.2, 0) is 11.3 Å². The van der Waals surface area contributed by atoms with Crippen molar-refractivity contribution >= 4 is 6.03 Å². The first-order valence-corrected chi connectivity index (χ1v) is 7.86. The minimum atomic E-state index is -0.0731. The number of rotatable bonds is 7. The first kappa shape index (κ1) is 16.3. The summed E-state index contributed by atoms with van der Waals surface area (Å²) in [6.07, 6.45) is 1.87. The van der Waals surface area contributed by atoms with Crippen molar-refractivity contribution in [3.63, 3.8) is 0 Å². The van der Waals surface area contributed by atoms with Crippen molar-refractivity contribution in [3.05, 3.63) is 42.2 Å². The Morgan fingerprint density at radius 1 is 1.33 bits per heavy atom. The van der Waals surface area contributed by atoms with E-state index in [2.05, 4.69) is 15.6 Å². The fraction of sp³-hybridized carbons (Fsp3) is 0.438. The third kappa shape index (κ3) is 4.02.